The summed E-state index contributed by atoms with van der Waals surface area (Å²) in [5.74, 6) is -4.04. The lowest BCUT2D eigenvalue weighted by atomic mass is 10.1. The molecule has 0 rings (SSSR count). The number of carbonyl (C=O) groups is 3. The van der Waals surface area contributed by atoms with Crippen molar-refractivity contribution >= 4 is 31.6 Å². The summed E-state index contributed by atoms with van der Waals surface area (Å²) in [6.45, 7) is 0.152. The molecule has 0 aliphatic heterocycles. The van der Waals surface area contributed by atoms with E-state index >= 15 is 0 Å². The summed E-state index contributed by atoms with van der Waals surface area (Å²) in [7, 11) is -5.11. The second-order valence-corrected chi connectivity index (χ2v) is 5.82. The molecule has 0 saturated carbocycles. The summed E-state index contributed by atoms with van der Waals surface area (Å²) in [6.07, 6.45) is -0.556. The quantitative estimate of drug-likeness (QED) is 0.0844. The van der Waals surface area contributed by atoms with E-state index in [1.54, 1.807) is 0 Å². The van der Waals surface area contributed by atoms with Crippen molar-refractivity contribution in [3.05, 3.63) is 0 Å². The van der Waals surface area contributed by atoms with Crippen LogP contribution in [0.25, 0.3) is 0 Å². The fraction of sp³-hybridized carbons (Fsp3) is 0.600. The van der Waals surface area contributed by atoms with Gasteiger partial charge in [0.1, 0.15) is 12.1 Å². The van der Waals surface area contributed by atoms with Crippen molar-refractivity contribution < 1.29 is 38.4 Å². The number of rotatable bonds is 10. The Kier molecular flexibility index (Phi) is 8.92. The molecule has 13 nitrogen and oxygen atoms in total. The molecule has 0 aromatic rings. The van der Waals surface area contributed by atoms with E-state index < -0.39 is 44.2 Å². The van der Waals surface area contributed by atoms with Gasteiger partial charge in [0.2, 0.25) is 5.91 Å². The molecule has 10 N–H and O–H groups in total. The van der Waals surface area contributed by atoms with Gasteiger partial charge >= 0.3 is 19.8 Å². The van der Waals surface area contributed by atoms with Gasteiger partial charge < -0.3 is 31.7 Å². The average molecular weight is 369 g/mol. The maximum Gasteiger partial charge on any atom is 0.527 e. The van der Waals surface area contributed by atoms with E-state index in [1.807, 2.05) is 0 Å². The number of carboxylic acids is 1. The van der Waals surface area contributed by atoms with Crippen molar-refractivity contribution in [2.24, 2.45) is 11.5 Å². The number of hydrogen-bond donors (Lipinski definition) is 8. The summed E-state index contributed by atoms with van der Waals surface area (Å²) in [6, 6.07) is -2.93. The monoisotopic (exact) mass is 369 g/mol. The van der Waals surface area contributed by atoms with Crippen LogP contribution in [0.2, 0.25) is 0 Å². The van der Waals surface area contributed by atoms with Crippen molar-refractivity contribution in [3.63, 3.8) is 0 Å². The number of carboxylic acid groups (broad SMARTS) is 1. The third-order valence-electron chi connectivity index (χ3n) is 2.54. The number of nitrogens with two attached hydrogens (primary N) is 2. The smallest absolute Gasteiger partial charge is 0.480 e. The van der Waals surface area contributed by atoms with E-state index in [9.17, 15) is 18.9 Å². The Hall–Kier alpha value is -2.21. The molecular formula is C10H20N5O8P. The molecule has 0 aliphatic rings. The molecular weight excluding hydrogens is 349 g/mol. The van der Waals surface area contributed by atoms with Gasteiger partial charge in [0.05, 0.1) is 6.42 Å². The first-order valence-corrected chi connectivity index (χ1v) is 8.10. The minimum absolute atomic E-state index is 0.104. The molecule has 0 spiro atoms. The molecule has 138 valence electrons. The van der Waals surface area contributed by atoms with E-state index in [2.05, 4.69) is 15.2 Å². The Balaban J connectivity index is 4.75. The van der Waals surface area contributed by atoms with Gasteiger partial charge in [-0.2, -0.15) is 0 Å². The highest BCUT2D eigenvalue weighted by molar-refractivity contribution is 7.46. The van der Waals surface area contributed by atoms with E-state index in [0.29, 0.717) is 0 Å². The molecule has 0 radical (unpaired) electrons. The minimum atomic E-state index is -5.11. The van der Waals surface area contributed by atoms with Gasteiger partial charge in [-0.1, -0.05) is 0 Å². The first kappa shape index (κ1) is 21.8. The van der Waals surface area contributed by atoms with Gasteiger partial charge in [0, 0.05) is 6.54 Å². The average Bonchev–Trinajstić information content (AvgIpc) is 2.39. The Morgan fingerprint density at radius 3 is 2.33 bits per heavy atom. The largest absolute Gasteiger partial charge is 0.527 e. The van der Waals surface area contributed by atoms with Crippen LogP contribution in [0, 0.1) is 5.41 Å². The summed E-state index contributed by atoms with van der Waals surface area (Å²) < 4.78 is 14.6. The predicted octanol–water partition coefficient (Wildman–Crippen LogP) is -2.83. The van der Waals surface area contributed by atoms with Gasteiger partial charge in [-0.05, 0) is 12.8 Å². The van der Waals surface area contributed by atoms with Gasteiger partial charge in [0.25, 0.3) is 0 Å². The lowest BCUT2D eigenvalue weighted by Crippen LogP contribution is -2.45. The predicted molar refractivity (Wildman–Crippen MR) is 79.4 cm³/mol. The lowest BCUT2D eigenvalue weighted by Gasteiger charge is -2.18. The fourth-order valence-corrected chi connectivity index (χ4v) is 1.86. The second kappa shape index (κ2) is 9.82. The molecule has 0 aromatic heterocycles. The van der Waals surface area contributed by atoms with Crippen LogP contribution in [-0.2, 0) is 23.5 Å². The van der Waals surface area contributed by atoms with Gasteiger partial charge in [-0.25, -0.2) is 9.36 Å². The maximum absolute atomic E-state index is 11.7. The Morgan fingerprint density at radius 2 is 1.88 bits per heavy atom. The minimum Gasteiger partial charge on any atom is -0.480 e. The molecule has 0 bridgehead atoms. The standard InChI is InChI=1S/C10H20N5O8P/c11-5(8(17)18)4-7(16)15-6(2-1-3-14-10(12)13)9(19)23-24(20,21)22/h5-6H,1-4,11H2,(H,15,16)(H,17,18)(H4,12,13,14)(H2,20,21,22)/t5-,6-/m0/s1. The Morgan fingerprint density at radius 1 is 1.29 bits per heavy atom. The molecule has 14 heteroatoms. The summed E-state index contributed by atoms with van der Waals surface area (Å²) in [5, 5.41) is 20.1. The molecule has 1 amide bonds. The number of aliphatic carboxylic acids is 1. The number of phosphoric ester groups is 1. The van der Waals surface area contributed by atoms with Crippen LogP contribution >= 0.6 is 7.82 Å². The molecule has 0 saturated heterocycles. The zero-order valence-corrected chi connectivity index (χ0v) is 13.4. The lowest BCUT2D eigenvalue weighted by molar-refractivity contribution is -0.142. The SMILES string of the molecule is N=C(N)NCCC[C@H](NC(=O)C[C@H](N)C(=O)O)C(=O)OP(=O)(O)O. The molecule has 0 unspecified atom stereocenters. The highest BCUT2D eigenvalue weighted by Crippen LogP contribution is 2.36. The Bertz CT molecular complexity index is 535. The zero-order chi connectivity index (χ0) is 18.9. The van der Waals surface area contributed by atoms with Crippen LogP contribution in [0.15, 0.2) is 0 Å². The van der Waals surface area contributed by atoms with Crippen LogP contribution < -0.4 is 22.1 Å². The highest BCUT2D eigenvalue weighted by Gasteiger charge is 2.29. The summed E-state index contributed by atoms with van der Waals surface area (Å²) >= 11 is 0. The fourth-order valence-electron chi connectivity index (χ4n) is 1.50. The molecule has 2 atom stereocenters. The zero-order valence-electron chi connectivity index (χ0n) is 12.5. The van der Waals surface area contributed by atoms with Crippen LogP contribution in [-0.4, -0.2) is 57.3 Å². The van der Waals surface area contributed by atoms with Crippen molar-refractivity contribution in [1.29, 1.82) is 5.41 Å². The number of amides is 1. The van der Waals surface area contributed by atoms with Crippen molar-refractivity contribution in [1.82, 2.24) is 10.6 Å². The first-order chi connectivity index (χ1) is 10.9. The summed E-state index contributed by atoms with van der Waals surface area (Å²) in [4.78, 5) is 51.2. The molecule has 0 fully saturated rings. The van der Waals surface area contributed by atoms with Crippen LogP contribution in [0.4, 0.5) is 0 Å². The number of hydrogen-bond acceptors (Lipinski definition) is 7. The molecule has 0 aromatic carbocycles. The van der Waals surface area contributed by atoms with E-state index in [-0.39, 0.29) is 25.3 Å². The molecule has 0 aliphatic carbocycles. The second-order valence-electron chi connectivity index (χ2n) is 4.65. The number of phosphoric acid groups is 1. The van der Waals surface area contributed by atoms with Crippen molar-refractivity contribution in [2.75, 3.05) is 6.54 Å². The van der Waals surface area contributed by atoms with Crippen molar-refractivity contribution in [2.45, 2.75) is 31.3 Å². The molecule has 0 heterocycles. The van der Waals surface area contributed by atoms with Gasteiger partial charge in [-0.15, -0.1) is 0 Å². The third-order valence-corrected chi connectivity index (χ3v) is 2.95. The normalized spacial score (nSPS) is 13.5. The van der Waals surface area contributed by atoms with Crippen LogP contribution in [0.3, 0.4) is 0 Å². The van der Waals surface area contributed by atoms with Crippen molar-refractivity contribution in [3.8, 4) is 0 Å². The Labute approximate surface area is 136 Å². The van der Waals surface area contributed by atoms with Gasteiger partial charge in [0.15, 0.2) is 5.96 Å². The van der Waals surface area contributed by atoms with E-state index in [1.165, 1.54) is 0 Å². The van der Waals surface area contributed by atoms with Crippen LogP contribution in [0.1, 0.15) is 19.3 Å². The van der Waals surface area contributed by atoms with E-state index in [4.69, 9.17) is 31.8 Å². The summed E-state index contributed by atoms with van der Waals surface area (Å²) in [5.41, 5.74) is 10.2. The van der Waals surface area contributed by atoms with E-state index in [0.717, 1.165) is 0 Å². The number of guanidine groups is 1. The molecule has 24 heavy (non-hydrogen) atoms. The third kappa shape index (κ3) is 10.5. The highest BCUT2D eigenvalue weighted by atomic mass is 31.2. The number of nitrogens with one attached hydrogen (secondary N) is 3. The van der Waals surface area contributed by atoms with Gasteiger partial charge in [-0.3, -0.25) is 24.8 Å². The topological polar surface area (TPSA) is 238 Å². The maximum atomic E-state index is 11.7. The number of carbonyl (C=O) groups excluding carboxylic acids is 2. The first-order valence-electron chi connectivity index (χ1n) is 6.57. The van der Waals surface area contributed by atoms with Crippen LogP contribution in [0.5, 0.6) is 0 Å².